The summed E-state index contributed by atoms with van der Waals surface area (Å²) in [6, 6.07) is -1.11. The maximum atomic E-state index is 14.4. The van der Waals surface area contributed by atoms with Gasteiger partial charge in [-0.1, -0.05) is 84.9 Å². The second-order valence-electron chi connectivity index (χ2n) is 20.5. The van der Waals surface area contributed by atoms with Crippen LogP contribution in [0.25, 0.3) is 0 Å². The lowest BCUT2D eigenvalue weighted by Gasteiger charge is -2.42. The molecule has 2 bridgehead atoms. The van der Waals surface area contributed by atoms with Gasteiger partial charge in [-0.05, 0) is 113 Å². The Morgan fingerprint density at radius 1 is 0.894 bits per heavy atom. The van der Waals surface area contributed by atoms with Crippen molar-refractivity contribution in [2.75, 3.05) is 26.9 Å². The van der Waals surface area contributed by atoms with E-state index in [0.717, 1.165) is 24.8 Å². The number of carbonyl (C=O) groups excluding carboxylic acids is 5. The molecule has 3 fully saturated rings. The van der Waals surface area contributed by atoms with Gasteiger partial charge in [0.1, 0.15) is 23.7 Å². The second-order valence-corrected chi connectivity index (χ2v) is 20.5. The zero-order valence-corrected chi connectivity index (χ0v) is 41.6. The third-order valence-electron chi connectivity index (χ3n) is 15.0. The first kappa shape index (κ1) is 55.3. The summed E-state index contributed by atoms with van der Waals surface area (Å²) in [7, 11) is 1.59. The van der Waals surface area contributed by atoms with Gasteiger partial charge >= 0.3 is 5.97 Å². The van der Waals surface area contributed by atoms with Crippen LogP contribution in [0, 0.1) is 47.3 Å². The van der Waals surface area contributed by atoms with Gasteiger partial charge in [-0.3, -0.25) is 19.2 Å². The lowest BCUT2D eigenvalue weighted by atomic mass is 9.75. The van der Waals surface area contributed by atoms with Crippen molar-refractivity contribution in [3.05, 3.63) is 47.6 Å². The average molecular weight is 926 g/mol. The number of esters is 1. The maximum absolute atomic E-state index is 14.4. The fraction of sp³-hybridized carbons (Fsp3) is 0.755. The summed E-state index contributed by atoms with van der Waals surface area (Å²) in [5.74, 6) is -7.57. The zero-order chi connectivity index (χ0) is 48.9. The van der Waals surface area contributed by atoms with Gasteiger partial charge in [-0.25, -0.2) is 4.79 Å². The van der Waals surface area contributed by atoms with E-state index >= 15 is 0 Å². The van der Waals surface area contributed by atoms with E-state index in [1.165, 1.54) is 4.90 Å². The molecule has 2 saturated heterocycles. The number of hydrogen-bond donors (Lipinski definition) is 3. The van der Waals surface area contributed by atoms with Gasteiger partial charge < -0.3 is 39.2 Å². The van der Waals surface area contributed by atoms with Gasteiger partial charge in [0.05, 0.1) is 37.6 Å². The molecule has 1 aliphatic carbocycles. The molecule has 0 unspecified atom stereocenters. The molecule has 13 nitrogen and oxygen atoms in total. The average Bonchev–Trinajstić information content (AvgIpc) is 3.29. The Labute approximate surface area is 394 Å². The Morgan fingerprint density at radius 3 is 2.30 bits per heavy atom. The summed E-state index contributed by atoms with van der Waals surface area (Å²) in [4.78, 5) is 71.9. The summed E-state index contributed by atoms with van der Waals surface area (Å²) >= 11 is 0. The van der Waals surface area contributed by atoms with Crippen LogP contribution in [0.3, 0.4) is 0 Å². The molecule has 3 aliphatic heterocycles. The summed E-state index contributed by atoms with van der Waals surface area (Å²) in [5.41, 5.74) is 1.40. The summed E-state index contributed by atoms with van der Waals surface area (Å²) < 4.78 is 24.2. The minimum atomic E-state index is -2.41. The lowest BCUT2D eigenvalue weighted by Crippen LogP contribution is -2.61. The number of rotatable bonds is 7. The number of nitrogens with zero attached hydrogens (tertiary/aromatic N) is 1. The third kappa shape index (κ3) is 14.8. The van der Waals surface area contributed by atoms with E-state index < -0.39 is 71.7 Å². The summed E-state index contributed by atoms with van der Waals surface area (Å²) in [5, 5.41) is 32.7. The number of ketones is 3. The predicted octanol–water partition coefficient (Wildman–Crippen LogP) is 7.44. The molecule has 4 rings (SSSR count). The SMILES string of the molecule is CO[C@H]1C[C@@H]2CC[C@@H](C)[C@@](O)(O2)C(=O)C(=O)N2CCCC[C@H]2C(=O)O[C@H]([C@H](C)C[C@@H]2CC[C@@H](OCCO)[C@H](C)C2)CC(=O)[C@H](C)/C=C(\C)[C@@H](O)[C@@H](C)C(=O)[C@H](C)C[C@H](C)/C=C/C=CC=C1C. The van der Waals surface area contributed by atoms with Gasteiger partial charge in [0.25, 0.3) is 11.7 Å². The predicted molar refractivity (Wildman–Crippen MR) is 253 cm³/mol. The monoisotopic (exact) mass is 926 g/mol. The molecule has 15 atom stereocenters. The van der Waals surface area contributed by atoms with Crippen LogP contribution in [-0.2, 0) is 42.9 Å². The molecular formula is C53H83NO12. The molecule has 1 amide bonds. The van der Waals surface area contributed by atoms with Gasteiger partial charge in [-0.2, -0.15) is 0 Å². The summed E-state index contributed by atoms with van der Waals surface area (Å²) in [6.45, 7) is 17.2. The van der Waals surface area contributed by atoms with Crippen LogP contribution >= 0.6 is 0 Å². The number of aliphatic hydroxyl groups is 3. The van der Waals surface area contributed by atoms with Crippen molar-refractivity contribution >= 4 is 29.2 Å². The second kappa shape index (κ2) is 25.9. The number of hydrogen-bond acceptors (Lipinski definition) is 12. The van der Waals surface area contributed by atoms with Crippen LogP contribution in [0.2, 0.25) is 0 Å². The third-order valence-corrected chi connectivity index (χ3v) is 15.0. The van der Waals surface area contributed by atoms with E-state index in [9.17, 15) is 39.3 Å². The van der Waals surface area contributed by atoms with Gasteiger partial charge in [0.2, 0.25) is 5.79 Å². The van der Waals surface area contributed by atoms with E-state index in [1.807, 2.05) is 58.1 Å². The maximum Gasteiger partial charge on any atom is 0.329 e. The number of carbonyl (C=O) groups is 5. The van der Waals surface area contributed by atoms with E-state index in [0.29, 0.717) is 50.5 Å². The Morgan fingerprint density at radius 2 is 1.62 bits per heavy atom. The molecule has 372 valence electrons. The van der Waals surface area contributed by atoms with Crippen molar-refractivity contribution in [3.8, 4) is 0 Å². The fourth-order valence-corrected chi connectivity index (χ4v) is 10.7. The zero-order valence-electron chi connectivity index (χ0n) is 41.6. The molecule has 4 aliphatic rings. The molecule has 1 saturated carbocycles. The van der Waals surface area contributed by atoms with E-state index in [4.69, 9.17) is 18.9 Å². The molecule has 3 N–H and O–H groups in total. The highest BCUT2D eigenvalue weighted by Crippen LogP contribution is 2.38. The lowest BCUT2D eigenvalue weighted by molar-refractivity contribution is -0.265. The van der Waals surface area contributed by atoms with E-state index in [2.05, 4.69) is 6.92 Å². The Kier molecular flexibility index (Phi) is 21.7. The van der Waals surface area contributed by atoms with E-state index in [-0.39, 0.29) is 79.9 Å². The van der Waals surface area contributed by atoms with Crippen LogP contribution in [0.1, 0.15) is 139 Å². The molecule has 13 heteroatoms. The first-order valence-corrected chi connectivity index (χ1v) is 24.9. The van der Waals surface area contributed by atoms with Gasteiger partial charge in [0.15, 0.2) is 0 Å². The normalized spacial score (nSPS) is 38.7. The van der Waals surface area contributed by atoms with E-state index in [1.54, 1.807) is 40.9 Å². The molecule has 0 aromatic rings. The smallest absolute Gasteiger partial charge is 0.329 e. The van der Waals surface area contributed by atoms with Crippen molar-refractivity contribution in [1.82, 2.24) is 4.90 Å². The minimum absolute atomic E-state index is 0.0395. The quantitative estimate of drug-likeness (QED) is 0.130. The molecule has 0 aromatic carbocycles. The van der Waals surface area contributed by atoms with Crippen molar-refractivity contribution in [2.24, 2.45) is 47.3 Å². The Balaban J connectivity index is 1.67. The van der Waals surface area contributed by atoms with Crippen LogP contribution in [0.15, 0.2) is 47.6 Å². The number of ether oxygens (including phenoxy) is 4. The van der Waals surface area contributed by atoms with Crippen molar-refractivity contribution in [2.45, 2.75) is 182 Å². The highest BCUT2D eigenvalue weighted by molar-refractivity contribution is 6.39. The number of methoxy groups -OCH3 is 1. The first-order valence-electron chi connectivity index (χ1n) is 24.9. The topological polar surface area (TPSA) is 186 Å². The van der Waals surface area contributed by atoms with Crippen LogP contribution in [0.5, 0.6) is 0 Å². The molecule has 0 aromatic heterocycles. The Hall–Kier alpha value is -3.33. The number of aliphatic hydroxyl groups excluding tert-OH is 2. The van der Waals surface area contributed by atoms with Gasteiger partial charge in [0, 0.05) is 50.2 Å². The molecule has 66 heavy (non-hydrogen) atoms. The van der Waals surface area contributed by atoms with Crippen LogP contribution < -0.4 is 0 Å². The van der Waals surface area contributed by atoms with Crippen molar-refractivity contribution in [1.29, 1.82) is 0 Å². The number of amides is 1. The molecule has 0 spiro atoms. The van der Waals surface area contributed by atoms with Crippen molar-refractivity contribution < 1.29 is 58.2 Å². The first-order chi connectivity index (χ1) is 31.2. The van der Waals surface area contributed by atoms with Gasteiger partial charge in [-0.15, -0.1) is 0 Å². The molecule has 0 radical (unpaired) electrons. The Bertz CT molecular complexity index is 1770. The van der Waals surface area contributed by atoms with Crippen LogP contribution in [0.4, 0.5) is 0 Å². The number of piperidine rings is 1. The minimum Gasteiger partial charge on any atom is -0.460 e. The molecule has 3 heterocycles. The fourth-order valence-electron chi connectivity index (χ4n) is 10.7. The highest BCUT2D eigenvalue weighted by Gasteiger charge is 2.53. The number of Topliss-reactive ketones (excluding diaryl/α,β-unsaturated/α-hetero) is 3. The number of cyclic esters (lactones) is 1. The highest BCUT2D eigenvalue weighted by atomic mass is 16.6. The molecular weight excluding hydrogens is 843 g/mol. The number of allylic oxidation sites excluding steroid dienone is 6. The van der Waals surface area contributed by atoms with Crippen molar-refractivity contribution in [3.63, 3.8) is 0 Å². The summed E-state index contributed by atoms with van der Waals surface area (Å²) in [6.07, 6.45) is 14.9. The largest absolute Gasteiger partial charge is 0.460 e. The number of fused-ring (bicyclic) bond motifs is 3. The van der Waals surface area contributed by atoms with Crippen LogP contribution in [-0.4, -0.2) is 119 Å². The standard InChI is InChI=1S/C53H83NO12/c1-32-16-12-11-13-17-33(2)46(63-10)30-42-21-19-39(8)53(62,66-42)50(59)51(60)54-23-15-14-18-43(54)52(61)65-47(36(5)29-41-20-22-45(35(4)28-41)64-25-24-55)31-44(56)34(3)27-38(7)49(58)40(9)48(57)37(6)26-32/h11-13,16-17,27,32,34-37,39-43,45-47,49,55,58,62H,14-15,18-26,28-31H2,1-10H3/b13-11?,16-12+,33-17?,38-27+/t32-,34-,35-,36-,37-,39-,40+,41-,42+,43+,45-,46+,47+,49-,53-/m1/s1.